The molecule has 0 saturated carbocycles. The van der Waals surface area contributed by atoms with Crippen molar-refractivity contribution in [2.45, 2.75) is 44.9 Å². The fourth-order valence-corrected chi connectivity index (χ4v) is 4.18. The number of rotatable bonds is 12. The zero-order chi connectivity index (χ0) is 21.8. The number of benzene rings is 2. The lowest BCUT2D eigenvalue weighted by Gasteiger charge is -2.30. The van der Waals surface area contributed by atoms with Crippen LogP contribution in [0.25, 0.3) is 0 Å². The molecule has 0 bridgehead atoms. The second kappa shape index (κ2) is 13.3. The van der Waals surface area contributed by atoms with Gasteiger partial charge in [-0.1, -0.05) is 67.9 Å². The van der Waals surface area contributed by atoms with Gasteiger partial charge in [0.2, 0.25) is 11.8 Å². The number of amides is 2. The van der Waals surface area contributed by atoms with Gasteiger partial charge in [-0.2, -0.15) is 0 Å². The number of hydrogen-bond acceptors (Lipinski definition) is 3. The Balaban J connectivity index is 2.02. The molecule has 0 unspecified atom stereocenters. The molecule has 2 aromatic rings. The van der Waals surface area contributed by atoms with E-state index in [0.29, 0.717) is 30.3 Å². The Labute approximate surface area is 189 Å². The Bertz CT molecular complexity index is 784. The van der Waals surface area contributed by atoms with E-state index in [0.717, 1.165) is 29.7 Å². The molecule has 0 aliphatic heterocycles. The predicted molar refractivity (Wildman–Crippen MR) is 127 cm³/mol. The van der Waals surface area contributed by atoms with Crippen molar-refractivity contribution >= 4 is 35.2 Å². The summed E-state index contributed by atoms with van der Waals surface area (Å²) in [6.07, 6.45) is 2.20. The van der Waals surface area contributed by atoms with Gasteiger partial charge in [0.05, 0.1) is 5.75 Å². The van der Waals surface area contributed by atoms with E-state index in [1.165, 1.54) is 0 Å². The summed E-state index contributed by atoms with van der Waals surface area (Å²) in [6, 6.07) is 17.3. The van der Waals surface area contributed by atoms with E-state index in [-0.39, 0.29) is 11.8 Å². The van der Waals surface area contributed by atoms with E-state index in [4.69, 9.17) is 11.6 Å². The van der Waals surface area contributed by atoms with Crippen LogP contribution in [0, 0.1) is 0 Å². The summed E-state index contributed by atoms with van der Waals surface area (Å²) < 4.78 is 0. The summed E-state index contributed by atoms with van der Waals surface area (Å²) in [6.45, 7) is 5.14. The quantitative estimate of drug-likeness (QED) is 0.501. The molecule has 2 amide bonds. The topological polar surface area (TPSA) is 49.4 Å². The van der Waals surface area contributed by atoms with Gasteiger partial charge in [-0.15, -0.1) is 11.8 Å². The first-order valence-corrected chi connectivity index (χ1v) is 12.0. The average molecular weight is 447 g/mol. The number of carbonyl (C=O) groups excluding carboxylic acids is 2. The van der Waals surface area contributed by atoms with E-state index in [9.17, 15) is 9.59 Å². The van der Waals surface area contributed by atoms with Crippen LogP contribution < -0.4 is 5.32 Å². The highest BCUT2D eigenvalue weighted by molar-refractivity contribution is 7.99. The first kappa shape index (κ1) is 24.3. The van der Waals surface area contributed by atoms with Gasteiger partial charge >= 0.3 is 0 Å². The maximum atomic E-state index is 13.1. The van der Waals surface area contributed by atoms with Crippen LogP contribution in [0.2, 0.25) is 5.02 Å². The predicted octanol–water partition coefficient (Wildman–Crippen LogP) is 4.95. The van der Waals surface area contributed by atoms with Gasteiger partial charge in [-0.3, -0.25) is 9.59 Å². The molecule has 0 radical (unpaired) electrons. The van der Waals surface area contributed by atoms with E-state index in [1.54, 1.807) is 16.7 Å². The molecule has 0 saturated heterocycles. The zero-order valence-corrected chi connectivity index (χ0v) is 19.3. The Morgan fingerprint density at radius 1 is 1.03 bits per heavy atom. The minimum Gasteiger partial charge on any atom is -0.354 e. The molecule has 0 aromatic heterocycles. The Kier molecular flexibility index (Phi) is 10.8. The molecule has 6 heteroatoms. The van der Waals surface area contributed by atoms with Crippen molar-refractivity contribution in [1.29, 1.82) is 0 Å². The molecule has 0 spiro atoms. The summed E-state index contributed by atoms with van der Waals surface area (Å²) >= 11 is 7.50. The van der Waals surface area contributed by atoms with Crippen LogP contribution in [0.5, 0.6) is 0 Å². The number of hydrogen-bond donors (Lipinski definition) is 1. The number of thioether (sulfide) groups is 1. The molecule has 2 aromatic carbocycles. The van der Waals surface area contributed by atoms with E-state index in [2.05, 4.69) is 17.4 Å². The third-order valence-electron chi connectivity index (χ3n) is 4.83. The number of nitrogens with zero attached hydrogens (tertiary/aromatic N) is 1. The monoisotopic (exact) mass is 446 g/mol. The normalized spacial score (nSPS) is 11.7. The second-order valence-electron chi connectivity index (χ2n) is 7.16. The fourth-order valence-electron chi connectivity index (χ4n) is 3.18. The first-order valence-electron chi connectivity index (χ1n) is 10.5. The van der Waals surface area contributed by atoms with Gasteiger partial charge in [0.15, 0.2) is 0 Å². The maximum Gasteiger partial charge on any atom is 0.242 e. The van der Waals surface area contributed by atoms with Crippen molar-refractivity contribution in [3.8, 4) is 0 Å². The second-order valence-corrected chi connectivity index (χ2v) is 8.58. The average Bonchev–Trinajstić information content (AvgIpc) is 2.77. The first-order chi connectivity index (χ1) is 14.5. The lowest BCUT2D eigenvalue weighted by Crippen LogP contribution is -2.50. The number of nitrogens with one attached hydrogen (secondary N) is 1. The molecular weight excluding hydrogens is 416 g/mol. The summed E-state index contributed by atoms with van der Waals surface area (Å²) in [5.41, 5.74) is 2.29. The molecule has 1 atom stereocenters. The smallest absolute Gasteiger partial charge is 0.242 e. The molecule has 0 heterocycles. The van der Waals surface area contributed by atoms with Crippen molar-refractivity contribution in [2.24, 2.45) is 0 Å². The van der Waals surface area contributed by atoms with Crippen LogP contribution in [0.4, 0.5) is 0 Å². The number of carbonyl (C=O) groups is 2. The summed E-state index contributed by atoms with van der Waals surface area (Å²) in [4.78, 5) is 27.5. The minimum atomic E-state index is -0.441. The summed E-state index contributed by atoms with van der Waals surface area (Å²) in [5, 5.41) is 3.66. The summed E-state index contributed by atoms with van der Waals surface area (Å²) in [5.74, 6) is 1.01. The molecule has 0 aliphatic rings. The van der Waals surface area contributed by atoms with E-state index < -0.39 is 6.04 Å². The van der Waals surface area contributed by atoms with Crippen LogP contribution in [0.1, 0.15) is 37.8 Å². The van der Waals surface area contributed by atoms with Gasteiger partial charge in [0.25, 0.3) is 0 Å². The molecule has 162 valence electrons. The van der Waals surface area contributed by atoms with E-state index >= 15 is 0 Å². The fraction of sp³-hybridized carbons (Fsp3) is 0.417. The molecule has 0 fully saturated rings. The largest absolute Gasteiger partial charge is 0.354 e. The third kappa shape index (κ3) is 8.04. The molecule has 0 aliphatic carbocycles. The molecule has 30 heavy (non-hydrogen) atoms. The Morgan fingerprint density at radius 3 is 2.37 bits per heavy atom. The van der Waals surface area contributed by atoms with Crippen LogP contribution >= 0.6 is 23.4 Å². The van der Waals surface area contributed by atoms with Gasteiger partial charge < -0.3 is 10.2 Å². The van der Waals surface area contributed by atoms with Crippen molar-refractivity contribution in [3.63, 3.8) is 0 Å². The lowest BCUT2D eigenvalue weighted by atomic mass is 10.1. The molecule has 2 rings (SSSR count). The SMILES string of the molecule is CCCNC(=O)[C@@H](CC)N(CCc1ccccc1)C(=O)CSCc1ccc(Cl)cc1. The van der Waals surface area contributed by atoms with Crippen LogP contribution in [0.3, 0.4) is 0 Å². The van der Waals surface area contributed by atoms with Crippen molar-refractivity contribution < 1.29 is 9.59 Å². The summed E-state index contributed by atoms with van der Waals surface area (Å²) in [7, 11) is 0. The third-order valence-corrected chi connectivity index (χ3v) is 6.07. The van der Waals surface area contributed by atoms with Crippen LogP contribution in [0.15, 0.2) is 54.6 Å². The zero-order valence-electron chi connectivity index (χ0n) is 17.8. The molecule has 4 nitrogen and oxygen atoms in total. The highest BCUT2D eigenvalue weighted by atomic mass is 35.5. The number of halogens is 1. The van der Waals surface area contributed by atoms with Gasteiger partial charge in [0.1, 0.15) is 6.04 Å². The van der Waals surface area contributed by atoms with Crippen LogP contribution in [-0.4, -0.2) is 41.6 Å². The highest BCUT2D eigenvalue weighted by Crippen LogP contribution is 2.17. The maximum absolute atomic E-state index is 13.1. The van der Waals surface area contributed by atoms with Crippen molar-refractivity contribution in [2.75, 3.05) is 18.8 Å². The van der Waals surface area contributed by atoms with E-state index in [1.807, 2.05) is 56.3 Å². The highest BCUT2D eigenvalue weighted by Gasteiger charge is 2.27. The van der Waals surface area contributed by atoms with Gasteiger partial charge in [0, 0.05) is 23.9 Å². The standard InChI is InChI=1S/C24H31ClN2O2S/c1-3-15-26-24(29)22(4-2)27(16-14-19-8-6-5-7-9-19)23(28)18-30-17-20-10-12-21(25)13-11-20/h5-13,22H,3-4,14-18H2,1-2H3,(H,26,29)/t22-/m1/s1. The van der Waals surface area contributed by atoms with Gasteiger partial charge in [-0.25, -0.2) is 0 Å². The lowest BCUT2D eigenvalue weighted by molar-refractivity contribution is -0.138. The molecule has 1 N–H and O–H groups in total. The van der Waals surface area contributed by atoms with Crippen molar-refractivity contribution in [1.82, 2.24) is 10.2 Å². The van der Waals surface area contributed by atoms with Crippen molar-refractivity contribution in [3.05, 3.63) is 70.7 Å². The Hall–Kier alpha value is -1.98. The Morgan fingerprint density at radius 2 is 1.73 bits per heavy atom. The minimum absolute atomic E-state index is 0.00314. The molecular formula is C24H31ClN2O2S. The van der Waals surface area contributed by atoms with Gasteiger partial charge in [-0.05, 0) is 42.5 Å². The van der Waals surface area contributed by atoms with Crippen LogP contribution in [-0.2, 0) is 21.8 Å².